The van der Waals surface area contributed by atoms with Gasteiger partial charge in [-0.1, -0.05) is 133 Å². The molecule has 0 spiro atoms. The van der Waals surface area contributed by atoms with Crippen molar-refractivity contribution >= 4 is 93.5 Å². The number of hydrogen-bond acceptors (Lipinski definition) is 3. The molecule has 0 aliphatic rings. The minimum Gasteiger partial charge on any atom is -0.456 e. The molecule has 0 radical (unpaired) electrons. The Morgan fingerprint density at radius 3 is 1.52 bits per heavy atom. The third-order valence-electron chi connectivity index (χ3n) is 12.6. The van der Waals surface area contributed by atoms with E-state index in [1.165, 1.54) is 43.7 Å². The second kappa shape index (κ2) is 13.6. The number of rotatable bonds is 6. The summed E-state index contributed by atoms with van der Waals surface area (Å²) in [4.78, 5) is 2.29. The van der Waals surface area contributed by atoms with Gasteiger partial charge in [0.05, 0.1) is 16.7 Å². The maximum Gasteiger partial charge on any atom is 0.137 e. The van der Waals surface area contributed by atoms with Gasteiger partial charge in [0.1, 0.15) is 22.3 Å². The molecule has 0 saturated heterocycles. The van der Waals surface area contributed by atoms with Gasteiger partial charge in [0, 0.05) is 67.1 Å². The van der Waals surface area contributed by atoms with Crippen LogP contribution in [0.5, 0.6) is 0 Å². The average Bonchev–Trinajstić information content (AvgIpc) is 4.00. The number of benzene rings is 10. The zero-order valence-corrected chi connectivity index (χ0v) is 33.5. The molecule has 10 aromatic carbocycles. The Balaban J connectivity index is 1.00. The summed E-state index contributed by atoms with van der Waals surface area (Å²) in [6.45, 7) is 0. The van der Waals surface area contributed by atoms with Crippen molar-refractivity contribution in [2.75, 3.05) is 4.90 Å². The van der Waals surface area contributed by atoms with E-state index >= 15 is 0 Å². The van der Waals surface area contributed by atoms with Gasteiger partial charge in [0.25, 0.3) is 0 Å². The maximum absolute atomic E-state index is 6.43. The van der Waals surface area contributed by atoms with Crippen LogP contribution in [0.2, 0.25) is 0 Å². The van der Waals surface area contributed by atoms with Crippen molar-refractivity contribution < 1.29 is 8.83 Å². The molecule has 0 aliphatic carbocycles. The lowest BCUT2D eigenvalue weighted by molar-refractivity contribution is 0.669. The highest BCUT2D eigenvalue weighted by Gasteiger charge is 2.21. The van der Waals surface area contributed by atoms with Gasteiger partial charge in [-0.3, -0.25) is 0 Å². The van der Waals surface area contributed by atoms with Gasteiger partial charge in [-0.05, 0) is 100 Å². The summed E-state index contributed by atoms with van der Waals surface area (Å²) in [6.07, 6.45) is 0. The lowest BCUT2D eigenvalue weighted by Crippen LogP contribution is -2.09. The first-order valence-electron chi connectivity index (χ1n) is 21.1. The summed E-state index contributed by atoms with van der Waals surface area (Å²) in [5.41, 5.74) is 14.5. The minimum atomic E-state index is 0.845. The molecule has 290 valence electrons. The van der Waals surface area contributed by atoms with Gasteiger partial charge in [-0.25, -0.2) is 0 Å². The van der Waals surface area contributed by atoms with Crippen molar-refractivity contribution in [3.63, 3.8) is 0 Å². The molecular formula is C58H36N2O2. The number of anilines is 3. The number of furan rings is 2. The summed E-state index contributed by atoms with van der Waals surface area (Å²) < 4.78 is 15.3. The second-order valence-electron chi connectivity index (χ2n) is 16.1. The van der Waals surface area contributed by atoms with Gasteiger partial charge < -0.3 is 18.3 Å². The summed E-state index contributed by atoms with van der Waals surface area (Å²) >= 11 is 0. The summed E-state index contributed by atoms with van der Waals surface area (Å²) in [7, 11) is 0. The fourth-order valence-electron chi connectivity index (χ4n) is 9.63. The van der Waals surface area contributed by atoms with Crippen molar-refractivity contribution in [3.05, 3.63) is 218 Å². The Labute approximate surface area is 356 Å². The number of nitrogens with zero attached hydrogens (tertiary/aromatic N) is 2. The molecule has 13 aromatic rings. The number of hydrogen-bond donors (Lipinski definition) is 0. The zero-order valence-electron chi connectivity index (χ0n) is 33.5. The molecule has 0 N–H and O–H groups in total. The van der Waals surface area contributed by atoms with E-state index in [0.717, 1.165) is 77.8 Å². The average molecular weight is 793 g/mol. The molecule has 0 unspecified atom stereocenters. The van der Waals surface area contributed by atoms with E-state index in [1.807, 2.05) is 24.3 Å². The van der Waals surface area contributed by atoms with Crippen LogP contribution in [0, 0.1) is 0 Å². The van der Waals surface area contributed by atoms with Crippen LogP contribution in [-0.2, 0) is 0 Å². The van der Waals surface area contributed by atoms with Crippen LogP contribution in [0.4, 0.5) is 17.1 Å². The van der Waals surface area contributed by atoms with Crippen molar-refractivity contribution in [1.82, 2.24) is 4.57 Å². The van der Waals surface area contributed by atoms with Crippen molar-refractivity contribution in [2.45, 2.75) is 0 Å². The topological polar surface area (TPSA) is 34.5 Å². The predicted octanol–water partition coefficient (Wildman–Crippen LogP) is 16.5. The van der Waals surface area contributed by atoms with E-state index in [0.29, 0.717) is 0 Å². The second-order valence-corrected chi connectivity index (χ2v) is 16.1. The van der Waals surface area contributed by atoms with Gasteiger partial charge >= 0.3 is 0 Å². The fourth-order valence-corrected chi connectivity index (χ4v) is 9.63. The highest BCUT2D eigenvalue weighted by Crippen LogP contribution is 2.43. The van der Waals surface area contributed by atoms with Crippen molar-refractivity contribution in [2.24, 2.45) is 0 Å². The molecular weight excluding hydrogens is 757 g/mol. The van der Waals surface area contributed by atoms with Crippen LogP contribution in [0.15, 0.2) is 227 Å². The fraction of sp³-hybridized carbons (Fsp3) is 0. The van der Waals surface area contributed by atoms with Crippen LogP contribution >= 0.6 is 0 Å². The number of para-hydroxylation sites is 3. The van der Waals surface area contributed by atoms with Gasteiger partial charge in [0.2, 0.25) is 0 Å². The van der Waals surface area contributed by atoms with Crippen LogP contribution in [-0.4, -0.2) is 4.57 Å². The Bertz CT molecular complexity index is 3760. The van der Waals surface area contributed by atoms with Gasteiger partial charge in [-0.2, -0.15) is 0 Å². The third kappa shape index (κ3) is 5.40. The highest BCUT2D eigenvalue weighted by atomic mass is 16.3. The molecule has 0 bridgehead atoms. The monoisotopic (exact) mass is 792 g/mol. The van der Waals surface area contributed by atoms with Gasteiger partial charge in [0.15, 0.2) is 0 Å². The largest absolute Gasteiger partial charge is 0.456 e. The molecule has 0 aliphatic heterocycles. The van der Waals surface area contributed by atoms with E-state index in [4.69, 9.17) is 8.83 Å². The first-order valence-corrected chi connectivity index (χ1v) is 21.1. The van der Waals surface area contributed by atoms with Crippen LogP contribution in [0.3, 0.4) is 0 Å². The number of aromatic nitrogens is 1. The molecule has 3 heterocycles. The quantitative estimate of drug-likeness (QED) is 0.168. The van der Waals surface area contributed by atoms with Crippen molar-refractivity contribution in [3.8, 4) is 27.9 Å². The first-order chi connectivity index (χ1) is 30.7. The zero-order chi connectivity index (χ0) is 40.7. The minimum absolute atomic E-state index is 0.845. The SMILES string of the molecule is c1ccc(-c2ccc(-c3ccc(N(c4ccc5c(c4)oc4ccccc45)c4ccc5c(c4)oc4ccccc45)cc3)c(-n3c4ccccc4c4cc5ccccc5cc43)c2)cc1. The van der Waals surface area contributed by atoms with E-state index in [1.54, 1.807) is 0 Å². The Kier molecular flexibility index (Phi) is 7.57. The van der Waals surface area contributed by atoms with E-state index < -0.39 is 0 Å². The summed E-state index contributed by atoms with van der Waals surface area (Å²) in [6, 6.07) is 78.2. The maximum atomic E-state index is 6.43. The summed E-state index contributed by atoms with van der Waals surface area (Å²) in [5, 5.41) is 9.34. The van der Waals surface area contributed by atoms with Crippen molar-refractivity contribution in [1.29, 1.82) is 0 Å². The Hall–Kier alpha value is -8.34. The third-order valence-corrected chi connectivity index (χ3v) is 12.6. The molecule has 4 heteroatoms. The summed E-state index contributed by atoms with van der Waals surface area (Å²) in [5.74, 6) is 0. The molecule has 0 saturated carbocycles. The Morgan fingerprint density at radius 1 is 0.306 bits per heavy atom. The van der Waals surface area contributed by atoms with Crippen LogP contribution in [0.1, 0.15) is 0 Å². The molecule has 0 atom stereocenters. The van der Waals surface area contributed by atoms with Crippen LogP contribution < -0.4 is 4.90 Å². The van der Waals surface area contributed by atoms with Crippen LogP contribution in [0.25, 0.3) is 104 Å². The lowest BCUT2D eigenvalue weighted by atomic mass is 9.97. The lowest BCUT2D eigenvalue weighted by Gasteiger charge is -2.26. The highest BCUT2D eigenvalue weighted by molar-refractivity contribution is 6.14. The molecule has 13 rings (SSSR count). The Morgan fingerprint density at radius 2 is 0.839 bits per heavy atom. The van der Waals surface area contributed by atoms with Gasteiger partial charge in [-0.15, -0.1) is 0 Å². The molecule has 0 amide bonds. The first kappa shape index (κ1) is 34.5. The van der Waals surface area contributed by atoms with E-state index in [2.05, 4.69) is 204 Å². The molecule has 4 nitrogen and oxygen atoms in total. The number of fused-ring (bicyclic) bond motifs is 10. The standard InChI is InChI=1S/C58H36N2O2/c1-2-12-37(13-3-1)41-24-29-45(53(34-41)60-52-19-9-6-16-46(52)51-32-39-14-4-5-15-40(39)33-54(51)60)38-22-25-42(26-23-38)59(43-27-30-49-47-17-7-10-20-55(47)61-57(49)35-43)44-28-31-50-48-18-8-11-21-56(48)62-58(50)36-44/h1-36H. The predicted molar refractivity (Wildman–Crippen MR) is 258 cm³/mol. The van der Waals surface area contributed by atoms with E-state index in [9.17, 15) is 0 Å². The molecule has 0 fully saturated rings. The molecule has 62 heavy (non-hydrogen) atoms. The smallest absolute Gasteiger partial charge is 0.137 e. The normalized spacial score (nSPS) is 11.9. The van der Waals surface area contributed by atoms with E-state index in [-0.39, 0.29) is 0 Å². The molecule has 3 aromatic heterocycles.